The van der Waals surface area contributed by atoms with Crippen LogP contribution in [0, 0.1) is 12.8 Å². The number of anilines is 1. The average Bonchev–Trinajstić information content (AvgIpc) is 2.27. The molecular weight excluding hydrogens is 296 g/mol. The van der Waals surface area contributed by atoms with Crippen LogP contribution in [0.1, 0.15) is 19.4 Å². The molecule has 1 aliphatic heterocycles. The lowest BCUT2D eigenvalue weighted by Crippen LogP contribution is -2.25. The summed E-state index contributed by atoms with van der Waals surface area (Å²) in [6, 6.07) is 6.71. The van der Waals surface area contributed by atoms with Crippen molar-refractivity contribution in [3.8, 4) is 0 Å². The van der Waals surface area contributed by atoms with Gasteiger partial charge in [0.05, 0.1) is 11.7 Å². The fourth-order valence-corrected chi connectivity index (χ4v) is 3.32. The van der Waals surface area contributed by atoms with Gasteiger partial charge >= 0.3 is 0 Å². The summed E-state index contributed by atoms with van der Waals surface area (Å²) in [6.07, 6.45) is 0. The number of halogens is 1. The van der Waals surface area contributed by atoms with E-state index in [1.807, 2.05) is 0 Å². The summed E-state index contributed by atoms with van der Waals surface area (Å²) in [5, 5.41) is 4.42. The molecule has 0 fully saturated rings. The van der Waals surface area contributed by atoms with Gasteiger partial charge in [0.15, 0.2) is 5.17 Å². The summed E-state index contributed by atoms with van der Waals surface area (Å²) in [5.41, 5.74) is 2.34. The molecule has 2 rings (SSSR count). The molecule has 1 aliphatic rings. The molecule has 0 saturated heterocycles. The van der Waals surface area contributed by atoms with Gasteiger partial charge < -0.3 is 5.32 Å². The molecule has 4 heteroatoms. The van der Waals surface area contributed by atoms with E-state index in [0.29, 0.717) is 12.0 Å². The van der Waals surface area contributed by atoms with Gasteiger partial charge in [-0.2, -0.15) is 0 Å². The molecule has 0 aromatic heterocycles. The highest BCUT2D eigenvalue weighted by atomic mass is 79.9. The highest BCUT2D eigenvalue weighted by Gasteiger charge is 2.19. The van der Waals surface area contributed by atoms with Gasteiger partial charge in [0.2, 0.25) is 0 Å². The molecule has 1 N–H and O–H groups in total. The van der Waals surface area contributed by atoms with Gasteiger partial charge in [-0.15, -0.1) is 0 Å². The highest BCUT2D eigenvalue weighted by molar-refractivity contribution is 9.10. The largest absolute Gasteiger partial charge is 0.334 e. The Labute approximate surface area is 115 Å². The molecule has 1 aromatic carbocycles. The molecule has 1 heterocycles. The second-order valence-electron chi connectivity index (χ2n) is 4.57. The van der Waals surface area contributed by atoms with Gasteiger partial charge in [-0.3, -0.25) is 4.99 Å². The van der Waals surface area contributed by atoms with Gasteiger partial charge in [0.25, 0.3) is 0 Å². The zero-order chi connectivity index (χ0) is 12.4. The molecule has 17 heavy (non-hydrogen) atoms. The number of nitrogens with one attached hydrogen (secondary N) is 1. The number of nitrogens with zero attached hydrogens (tertiary/aromatic N) is 1. The van der Waals surface area contributed by atoms with E-state index < -0.39 is 0 Å². The van der Waals surface area contributed by atoms with E-state index in [9.17, 15) is 0 Å². The van der Waals surface area contributed by atoms with Gasteiger partial charge in [0.1, 0.15) is 0 Å². The molecule has 0 saturated carbocycles. The highest BCUT2D eigenvalue weighted by Crippen LogP contribution is 2.27. The van der Waals surface area contributed by atoms with Gasteiger partial charge in [-0.25, -0.2) is 0 Å². The Hall–Kier alpha value is -0.480. The SMILES string of the molecule is Cc1ccc(NC2=NC(C)C(C)CS2)c(Br)c1. The number of rotatable bonds is 1. The predicted octanol–water partition coefficient (Wildman–Crippen LogP) is 4.30. The van der Waals surface area contributed by atoms with Crippen LogP contribution in [-0.4, -0.2) is 17.0 Å². The van der Waals surface area contributed by atoms with Crippen LogP contribution in [0.25, 0.3) is 0 Å². The van der Waals surface area contributed by atoms with Crippen molar-refractivity contribution in [2.45, 2.75) is 26.8 Å². The number of aliphatic imine (C=N–C) groups is 1. The molecule has 0 spiro atoms. The summed E-state index contributed by atoms with van der Waals surface area (Å²) in [5.74, 6) is 1.79. The topological polar surface area (TPSA) is 24.4 Å². The molecular formula is C13H17BrN2S. The first-order chi connectivity index (χ1) is 8.06. The number of benzene rings is 1. The van der Waals surface area contributed by atoms with Crippen LogP contribution < -0.4 is 5.32 Å². The zero-order valence-electron chi connectivity index (χ0n) is 10.3. The van der Waals surface area contributed by atoms with Crippen LogP contribution in [0.4, 0.5) is 5.69 Å². The Morgan fingerprint density at radius 1 is 1.41 bits per heavy atom. The van der Waals surface area contributed by atoms with Crippen molar-refractivity contribution in [1.82, 2.24) is 0 Å². The minimum Gasteiger partial charge on any atom is -0.334 e. The van der Waals surface area contributed by atoms with Crippen molar-refractivity contribution in [3.63, 3.8) is 0 Å². The van der Waals surface area contributed by atoms with Crippen molar-refractivity contribution in [2.24, 2.45) is 10.9 Å². The van der Waals surface area contributed by atoms with E-state index in [0.717, 1.165) is 21.1 Å². The third-order valence-corrected chi connectivity index (χ3v) is 4.82. The summed E-state index contributed by atoms with van der Waals surface area (Å²) < 4.78 is 1.09. The summed E-state index contributed by atoms with van der Waals surface area (Å²) in [6.45, 7) is 6.52. The monoisotopic (exact) mass is 312 g/mol. The van der Waals surface area contributed by atoms with Gasteiger partial charge in [0, 0.05) is 10.2 Å². The van der Waals surface area contributed by atoms with E-state index in [1.54, 1.807) is 11.8 Å². The maximum absolute atomic E-state index is 4.67. The van der Waals surface area contributed by atoms with E-state index in [-0.39, 0.29) is 0 Å². The minimum absolute atomic E-state index is 0.406. The van der Waals surface area contributed by atoms with Crippen LogP contribution in [-0.2, 0) is 0 Å². The van der Waals surface area contributed by atoms with Crippen LogP contribution in [0.5, 0.6) is 0 Å². The summed E-state index contributed by atoms with van der Waals surface area (Å²) >= 11 is 5.37. The third-order valence-electron chi connectivity index (χ3n) is 2.99. The van der Waals surface area contributed by atoms with Crippen LogP contribution >= 0.6 is 27.7 Å². The maximum atomic E-state index is 4.67. The van der Waals surface area contributed by atoms with Gasteiger partial charge in [-0.05, 0) is 53.4 Å². The smallest absolute Gasteiger partial charge is 0.161 e. The number of thioether (sulfide) groups is 1. The van der Waals surface area contributed by atoms with Crippen molar-refractivity contribution in [2.75, 3.05) is 11.1 Å². The number of hydrogen-bond acceptors (Lipinski definition) is 3. The molecule has 2 atom stereocenters. The normalized spacial score (nSPS) is 24.4. The number of hydrogen-bond donors (Lipinski definition) is 1. The molecule has 1 aromatic rings. The van der Waals surface area contributed by atoms with Gasteiger partial charge in [-0.1, -0.05) is 24.8 Å². The Balaban J connectivity index is 2.13. The number of amidine groups is 1. The Morgan fingerprint density at radius 2 is 2.18 bits per heavy atom. The quantitative estimate of drug-likeness (QED) is 0.836. The first-order valence-electron chi connectivity index (χ1n) is 5.80. The molecule has 92 valence electrons. The second kappa shape index (κ2) is 5.44. The van der Waals surface area contributed by atoms with Crippen molar-refractivity contribution >= 4 is 38.5 Å². The maximum Gasteiger partial charge on any atom is 0.161 e. The fraction of sp³-hybridized carbons (Fsp3) is 0.462. The fourth-order valence-electron chi connectivity index (χ4n) is 1.60. The second-order valence-corrected chi connectivity index (χ2v) is 6.43. The third kappa shape index (κ3) is 3.26. The molecule has 0 amide bonds. The lowest BCUT2D eigenvalue weighted by Gasteiger charge is -2.24. The van der Waals surface area contributed by atoms with E-state index in [1.165, 1.54) is 5.56 Å². The minimum atomic E-state index is 0.406. The Bertz CT molecular complexity index is 445. The predicted molar refractivity (Wildman–Crippen MR) is 81.0 cm³/mol. The molecule has 2 nitrogen and oxygen atoms in total. The molecule has 0 bridgehead atoms. The lowest BCUT2D eigenvalue weighted by molar-refractivity contribution is 0.537. The first-order valence-corrected chi connectivity index (χ1v) is 7.58. The van der Waals surface area contributed by atoms with E-state index >= 15 is 0 Å². The van der Waals surface area contributed by atoms with Crippen molar-refractivity contribution in [1.29, 1.82) is 0 Å². The van der Waals surface area contributed by atoms with Crippen LogP contribution in [0.3, 0.4) is 0 Å². The van der Waals surface area contributed by atoms with Crippen molar-refractivity contribution < 1.29 is 0 Å². The number of aryl methyl sites for hydroxylation is 1. The van der Waals surface area contributed by atoms with E-state index in [4.69, 9.17) is 0 Å². The Morgan fingerprint density at radius 3 is 2.82 bits per heavy atom. The average molecular weight is 313 g/mol. The molecule has 0 radical (unpaired) electrons. The zero-order valence-corrected chi connectivity index (χ0v) is 12.7. The molecule has 0 aliphatic carbocycles. The summed E-state index contributed by atoms with van der Waals surface area (Å²) in [7, 11) is 0. The van der Waals surface area contributed by atoms with Crippen LogP contribution in [0.2, 0.25) is 0 Å². The molecule has 2 unspecified atom stereocenters. The van der Waals surface area contributed by atoms with E-state index in [2.05, 4.69) is 65.2 Å². The summed E-state index contributed by atoms with van der Waals surface area (Å²) in [4.78, 5) is 4.67. The lowest BCUT2D eigenvalue weighted by atomic mass is 10.1. The van der Waals surface area contributed by atoms with Crippen molar-refractivity contribution in [3.05, 3.63) is 28.2 Å². The first kappa shape index (κ1) is 13.0. The van der Waals surface area contributed by atoms with Crippen LogP contribution in [0.15, 0.2) is 27.7 Å². The standard InChI is InChI=1S/C13H17BrN2S/c1-8-4-5-12(11(14)6-8)16-13-15-10(3)9(2)7-17-13/h4-6,9-10H,7H2,1-3H3,(H,15,16). The Kier molecular flexibility index (Phi) is 4.15.